The van der Waals surface area contributed by atoms with Crippen molar-refractivity contribution in [2.75, 3.05) is 28.6 Å². The lowest BCUT2D eigenvalue weighted by molar-refractivity contribution is 0.365. The van der Waals surface area contributed by atoms with E-state index >= 15 is 0 Å². The number of imidazole rings is 1. The molecule has 4 aromatic heterocycles. The van der Waals surface area contributed by atoms with E-state index in [0.717, 1.165) is 48.8 Å². The maximum atomic E-state index is 6.48. The maximum Gasteiger partial charge on any atom is 0.229 e. The van der Waals surface area contributed by atoms with Crippen LogP contribution in [0, 0.1) is 19.8 Å². The molecule has 8 nitrogen and oxygen atoms in total. The number of pyridine rings is 2. The minimum absolute atomic E-state index is 0.274. The third kappa shape index (κ3) is 4.63. The van der Waals surface area contributed by atoms with Gasteiger partial charge in [0.1, 0.15) is 16.5 Å². The van der Waals surface area contributed by atoms with E-state index < -0.39 is 0 Å². The highest BCUT2D eigenvalue weighted by atomic mass is 35.5. The first-order valence-electron chi connectivity index (χ1n) is 11.7. The highest BCUT2D eigenvalue weighted by molar-refractivity contribution is 6.32. The van der Waals surface area contributed by atoms with Crippen LogP contribution in [0.4, 0.5) is 23.3 Å². The van der Waals surface area contributed by atoms with Crippen molar-refractivity contribution in [1.29, 1.82) is 0 Å². The number of rotatable bonds is 6. The second-order valence-electron chi connectivity index (χ2n) is 8.91. The average molecular weight is 477 g/mol. The van der Waals surface area contributed by atoms with E-state index in [9.17, 15) is 0 Å². The van der Waals surface area contributed by atoms with E-state index in [1.807, 2.05) is 42.0 Å². The predicted molar refractivity (Wildman–Crippen MR) is 137 cm³/mol. The molecule has 0 aliphatic carbocycles. The van der Waals surface area contributed by atoms with Crippen LogP contribution in [-0.4, -0.2) is 43.5 Å². The van der Waals surface area contributed by atoms with E-state index in [0.29, 0.717) is 22.7 Å². The minimum Gasteiger partial charge on any atom is -0.366 e. The fourth-order valence-electron chi connectivity index (χ4n) is 4.51. The van der Waals surface area contributed by atoms with E-state index in [-0.39, 0.29) is 6.04 Å². The molecule has 1 aliphatic heterocycles. The molecule has 2 unspecified atom stereocenters. The van der Waals surface area contributed by atoms with Crippen LogP contribution in [0.2, 0.25) is 5.02 Å². The van der Waals surface area contributed by atoms with Crippen LogP contribution in [0.3, 0.4) is 0 Å². The van der Waals surface area contributed by atoms with Gasteiger partial charge in [-0.25, -0.2) is 15.0 Å². The van der Waals surface area contributed by atoms with Crippen molar-refractivity contribution in [3.63, 3.8) is 0 Å². The van der Waals surface area contributed by atoms with Crippen LogP contribution < -0.4 is 15.5 Å². The summed E-state index contributed by atoms with van der Waals surface area (Å²) >= 11 is 6.48. The van der Waals surface area contributed by atoms with Crippen molar-refractivity contribution in [2.24, 2.45) is 5.92 Å². The fourth-order valence-corrected chi connectivity index (χ4v) is 4.66. The molecular formula is C25H29ClN8. The first kappa shape index (κ1) is 22.4. The van der Waals surface area contributed by atoms with Crippen molar-refractivity contribution >= 4 is 40.5 Å². The highest BCUT2D eigenvalue weighted by Crippen LogP contribution is 2.29. The van der Waals surface area contributed by atoms with Gasteiger partial charge in [-0.05, 0) is 50.3 Å². The van der Waals surface area contributed by atoms with E-state index in [2.05, 4.69) is 61.4 Å². The van der Waals surface area contributed by atoms with Gasteiger partial charge in [-0.2, -0.15) is 4.98 Å². The average Bonchev–Trinajstić information content (AvgIpc) is 3.22. The largest absolute Gasteiger partial charge is 0.366 e. The molecular weight excluding hydrogens is 448 g/mol. The van der Waals surface area contributed by atoms with Gasteiger partial charge in [-0.3, -0.25) is 0 Å². The summed E-state index contributed by atoms with van der Waals surface area (Å²) in [6, 6.07) is 8.45. The van der Waals surface area contributed by atoms with Crippen LogP contribution in [0.15, 0.2) is 49.1 Å². The van der Waals surface area contributed by atoms with Crippen molar-refractivity contribution in [3.05, 3.63) is 65.3 Å². The number of halogens is 1. The zero-order valence-corrected chi connectivity index (χ0v) is 20.4. The maximum absolute atomic E-state index is 6.48. The summed E-state index contributed by atoms with van der Waals surface area (Å²) < 4.78 is 2.03. The molecule has 9 heteroatoms. The summed E-state index contributed by atoms with van der Waals surface area (Å²) in [5.74, 6) is 2.64. The standard InChI is InChI=1S/C25H29ClN8/c1-4-18-15-33(22-6-5-16(2)12-27-22)9-8-21(18)31-24-20(26)14-29-25(32-24)30-19-7-10-34-17(3)13-28-23(34)11-19/h5-7,10-14,18,21H,4,8-9,15H2,1-3H3,(H2,29,30,31,32). The van der Waals surface area contributed by atoms with E-state index in [1.54, 1.807) is 6.20 Å². The monoisotopic (exact) mass is 476 g/mol. The third-order valence-electron chi connectivity index (χ3n) is 6.50. The molecule has 0 spiro atoms. The molecule has 2 N–H and O–H groups in total. The second kappa shape index (κ2) is 9.46. The lowest BCUT2D eigenvalue weighted by Crippen LogP contribution is -2.46. The molecule has 1 aliphatic rings. The van der Waals surface area contributed by atoms with Gasteiger partial charge < -0.3 is 19.9 Å². The smallest absolute Gasteiger partial charge is 0.229 e. The predicted octanol–water partition coefficient (Wildman–Crippen LogP) is 5.25. The van der Waals surface area contributed by atoms with Gasteiger partial charge in [0, 0.05) is 55.2 Å². The molecule has 1 fully saturated rings. The lowest BCUT2D eigenvalue weighted by atomic mass is 9.90. The quantitative estimate of drug-likeness (QED) is 0.393. The number of anilines is 4. The zero-order chi connectivity index (χ0) is 23.7. The summed E-state index contributed by atoms with van der Waals surface area (Å²) in [5, 5.41) is 7.40. The molecule has 1 saturated heterocycles. The van der Waals surface area contributed by atoms with Gasteiger partial charge >= 0.3 is 0 Å². The van der Waals surface area contributed by atoms with Gasteiger partial charge in [0.05, 0.1) is 6.20 Å². The molecule has 0 aromatic carbocycles. The van der Waals surface area contributed by atoms with Crippen molar-refractivity contribution in [3.8, 4) is 0 Å². The Kier molecular flexibility index (Phi) is 6.24. The molecule has 34 heavy (non-hydrogen) atoms. The molecule has 5 rings (SSSR count). The molecule has 0 bridgehead atoms. The van der Waals surface area contributed by atoms with Crippen LogP contribution in [0.5, 0.6) is 0 Å². The van der Waals surface area contributed by atoms with Crippen molar-refractivity contribution in [2.45, 2.75) is 39.7 Å². The first-order chi connectivity index (χ1) is 16.5. The molecule has 0 radical (unpaired) electrons. The van der Waals surface area contributed by atoms with Gasteiger partial charge in [0.15, 0.2) is 5.82 Å². The summed E-state index contributed by atoms with van der Waals surface area (Å²) in [4.78, 5) is 20.5. The lowest BCUT2D eigenvalue weighted by Gasteiger charge is -2.39. The van der Waals surface area contributed by atoms with Gasteiger partial charge in [0.2, 0.25) is 5.95 Å². The summed E-state index contributed by atoms with van der Waals surface area (Å²) in [5.41, 5.74) is 4.01. The topological polar surface area (TPSA) is 83.3 Å². The Morgan fingerprint density at radius 3 is 2.76 bits per heavy atom. The Morgan fingerprint density at radius 2 is 1.97 bits per heavy atom. The van der Waals surface area contributed by atoms with E-state index in [1.165, 1.54) is 5.56 Å². The Balaban J connectivity index is 1.29. The van der Waals surface area contributed by atoms with Crippen LogP contribution in [0.25, 0.3) is 5.65 Å². The Morgan fingerprint density at radius 1 is 1.09 bits per heavy atom. The number of hydrogen-bond acceptors (Lipinski definition) is 7. The van der Waals surface area contributed by atoms with Crippen LogP contribution in [0.1, 0.15) is 31.0 Å². The number of aromatic nitrogens is 5. The summed E-state index contributed by atoms with van der Waals surface area (Å²) in [6.07, 6.45) is 9.44. The number of nitrogens with zero attached hydrogens (tertiary/aromatic N) is 6. The van der Waals surface area contributed by atoms with Gasteiger partial charge in [-0.1, -0.05) is 24.6 Å². The molecule has 0 saturated carbocycles. The van der Waals surface area contributed by atoms with Crippen molar-refractivity contribution < 1.29 is 0 Å². The number of aryl methyl sites for hydroxylation is 2. The summed E-state index contributed by atoms with van der Waals surface area (Å²) in [7, 11) is 0. The number of hydrogen-bond donors (Lipinski definition) is 2. The molecule has 4 aromatic rings. The Hall–Kier alpha value is -3.39. The molecule has 2 atom stereocenters. The normalized spacial score (nSPS) is 18.3. The Labute approximate surface area is 204 Å². The highest BCUT2D eigenvalue weighted by Gasteiger charge is 2.29. The molecule has 0 amide bonds. The van der Waals surface area contributed by atoms with Gasteiger partial charge in [-0.15, -0.1) is 0 Å². The van der Waals surface area contributed by atoms with Crippen LogP contribution >= 0.6 is 11.6 Å². The zero-order valence-electron chi connectivity index (χ0n) is 19.7. The molecule has 5 heterocycles. The minimum atomic E-state index is 0.274. The second-order valence-corrected chi connectivity index (χ2v) is 9.31. The summed E-state index contributed by atoms with van der Waals surface area (Å²) in [6.45, 7) is 8.20. The van der Waals surface area contributed by atoms with E-state index in [4.69, 9.17) is 11.6 Å². The Bertz CT molecular complexity index is 1290. The number of piperidine rings is 1. The first-order valence-corrected chi connectivity index (χ1v) is 12.1. The van der Waals surface area contributed by atoms with Gasteiger partial charge in [0.25, 0.3) is 0 Å². The fraction of sp³-hybridized carbons (Fsp3) is 0.360. The number of nitrogens with one attached hydrogen (secondary N) is 2. The molecule has 176 valence electrons. The van der Waals surface area contributed by atoms with Crippen molar-refractivity contribution in [1.82, 2.24) is 24.3 Å². The number of fused-ring (bicyclic) bond motifs is 1. The third-order valence-corrected chi connectivity index (χ3v) is 6.78. The van der Waals surface area contributed by atoms with Crippen LogP contribution in [-0.2, 0) is 0 Å². The SMILES string of the molecule is CCC1CN(c2ccc(C)cn2)CCC1Nc1nc(Nc2ccn3c(C)cnc3c2)ncc1Cl.